The molecule has 0 spiro atoms. The molecule has 1 saturated carbocycles. The van der Waals surface area contributed by atoms with Gasteiger partial charge in [-0.1, -0.05) is 31.0 Å². The molecule has 0 saturated heterocycles. The van der Waals surface area contributed by atoms with Crippen molar-refractivity contribution < 1.29 is 4.79 Å². The molecule has 1 fully saturated rings. The minimum Gasteiger partial charge on any atom is -0.352 e. The van der Waals surface area contributed by atoms with Gasteiger partial charge in [0.25, 0.3) is 0 Å². The Kier molecular flexibility index (Phi) is 6.07. The van der Waals surface area contributed by atoms with Gasteiger partial charge in [-0.3, -0.25) is 9.78 Å². The van der Waals surface area contributed by atoms with Crippen LogP contribution in [-0.2, 0) is 11.3 Å². The van der Waals surface area contributed by atoms with Gasteiger partial charge in [0.1, 0.15) is 0 Å². The number of hydrogen-bond acceptors (Lipinski definition) is 5. The fourth-order valence-corrected chi connectivity index (χ4v) is 4.07. The number of amides is 1. The number of nitrogens with zero attached hydrogens (tertiary/aromatic N) is 4. The molecule has 1 atom stereocenters. The number of hydrogen-bond donors (Lipinski definition) is 1. The minimum absolute atomic E-state index is 0.0884. The van der Waals surface area contributed by atoms with Crippen LogP contribution >= 0.6 is 11.8 Å². The van der Waals surface area contributed by atoms with Gasteiger partial charge in [-0.05, 0) is 38.8 Å². The summed E-state index contributed by atoms with van der Waals surface area (Å²) in [5, 5.41) is 12.4. The van der Waals surface area contributed by atoms with Crippen LogP contribution < -0.4 is 5.32 Å². The molecule has 0 bridgehead atoms. The van der Waals surface area contributed by atoms with Crippen LogP contribution in [0.5, 0.6) is 0 Å². The van der Waals surface area contributed by atoms with Gasteiger partial charge in [-0.25, -0.2) is 0 Å². The molecule has 2 aromatic heterocycles. The summed E-state index contributed by atoms with van der Waals surface area (Å²) in [7, 11) is 0. The van der Waals surface area contributed by atoms with E-state index in [1.165, 1.54) is 31.0 Å². The maximum absolute atomic E-state index is 12.5. The van der Waals surface area contributed by atoms with E-state index < -0.39 is 0 Å². The Labute approximate surface area is 152 Å². The van der Waals surface area contributed by atoms with Crippen LogP contribution in [0.15, 0.2) is 29.7 Å². The van der Waals surface area contributed by atoms with E-state index in [0.717, 1.165) is 35.9 Å². The van der Waals surface area contributed by atoms with Crippen molar-refractivity contribution in [3.8, 4) is 11.4 Å². The summed E-state index contributed by atoms with van der Waals surface area (Å²) in [6.07, 6.45) is 9.43. The summed E-state index contributed by atoms with van der Waals surface area (Å²) in [4.78, 5) is 16.6. The van der Waals surface area contributed by atoms with Crippen LogP contribution in [-0.4, -0.2) is 36.9 Å². The van der Waals surface area contributed by atoms with E-state index in [0.29, 0.717) is 6.04 Å². The van der Waals surface area contributed by atoms with E-state index in [1.807, 2.05) is 23.6 Å². The average Bonchev–Trinajstić information content (AvgIpc) is 3.05. The van der Waals surface area contributed by atoms with E-state index in [1.54, 1.807) is 12.4 Å². The third-order valence-corrected chi connectivity index (χ3v) is 5.64. The van der Waals surface area contributed by atoms with Crippen molar-refractivity contribution in [2.75, 3.05) is 0 Å². The number of rotatable bonds is 6. The van der Waals surface area contributed by atoms with E-state index in [2.05, 4.69) is 27.4 Å². The highest BCUT2D eigenvalue weighted by Gasteiger charge is 2.23. The summed E-state index contributed by atoms with van der Waals surface area (Å²) >= 11 is 1.46. The van der Waals surface area contributed by atoms with Gasteiger partial charge in [0.15, 0.2) is 11.0 Å². The fraction of sp³-hybridized carbons (Fsp3) is 0.556. The lowest BCUT2D eigenvalue weighted by atomic mass is 9.95. The fourth-order valence-electron chi connectivity index (χ4n) is 3.15. The van der Waals surface area contributed by atoms with Crippen LogP contribution in [0.4, 0.5) is 0 Å². The van der Waals surface area contributed by atoms with Crippen molar-refractivity contribution in [2.45, 2.75) is 68.9 Å². The number of thioether (sulfide) groups is 1. The average molecular weight is 359 g/mol. The molecule has 6 nitrogen and oxygen atoms in total. The van der Waals surface area contributed by atoms with Crippen LogP contribution in [0.3, 0.4) is 0 Å². The van der Waals surface area contributed by atoms with E-state index in [-0.39, 0.29) is 11.2 Å². The zero-order chi connectivity index (χ0) is 17.6. The molecule has 7 heteroatoms. The Bertz CT molecular complexity index is 697. The molecule has 3 rings (SSSR count). The number of carbonyl (C=O) groups excluding carboxylic acids is 1. The van der Waals surface area contributed by atoms with Crippen molar-refractivity contribution in [1.29, 1.82) is 0 Å². The third kappa shape index (κ3) is 4.39. The number of aromatic nitrogens is 4. The lowest BCUT2D eigenvalue weighted by molar-refractivity contribution is -0.121. The first-order valence-electron chi connectivity index (χ1n) is 8.99. The van der Waals surface area contributed by atoms with Crippen molar-refractivity contribution >= 4 is 17.7 Å². The zero-order valence-electron chi connectivity index (χ0n) is 14.8. The van der Waals surface area contributed by atoms with Crippen LogP contribution in [0.1, 0.15) is 46.0 Å². The molecule has 1 aliphatic carbocycles. The van der Waals surface area contributed by atoms with E-state index in [4.69, 9.17) is 0 Å². The SMILES string of the molecule is CCn1c(S[C@@H](C)C(=O)NC2CCCCC2)nnc1-c1cccnc1. The molecule has 1 N–H and O–H groups in total. The Balaban J connectivity index is 1.67. The molecule has 0 aromatic carbocycles. The highest BCUT2D eigenvalue weighted by Crippen LogP contribution is 2.27. The lowest BCUT2D eigenvalue weighted by Crippen LogP contribution is -2.40. The highest BCUT2D eigenvalue weighted by molar-refractivity contribution is 8.00. The van der Waals surface area contributed by atoms with E-state index in [9.17, 15) is 4.79 Å². The minimum atomic E-state index is -0.196. The van der Waals surface area contributed by atoms with Gasteiger partial charge >= 0.3 is 0 Å². The summed E-state index contributed by atoms with van der Waals surface area (Å²) in [6.45, 7) is 4.73. The molecule has 2 aromatic rings. The second-order valence-corrected chi connectivity index (χ2v) is 7.70. The smallest absolute Gasteiger partial charge is 0.233 e. The largest absolute Gasteiger partial charge is 0.352 e. The molecular formula is C18H25N5OS. The first-order valence-corrected chi connectivity index (χ1v) is 9.87. The molecule has 0 aliphatic heterocycles. The predicted octanol–water partition coefficient (Wildman–Crippen LogP) is 3.29. The maximum atomic E-state index is 12.5. The topological polar surface area (TPSA) is 72.7 Å². The van der Waals surface area contributed by atoms with Gasteiger partial charge < -0.3 is 9.88 Å². The van der Waals surface area contributed by atoms with Gasteiger partial charge in [0.2, 0.25) is 5.91 Å². The van der Waals surface area contributed by atoms with Crippen LogP contribution in [0, 0.1) is 0 Å². The first kappa shape index (κ1) is 17.9. The molecule has 1 amide bonds. The van der Waals surface area contributed by atoms with Gasteiger partial charge in [0, 0.05) is 30.5 Å². The number of pyridine rings is 1. The van der Waals surface area contributed by atoms with Crippen LogP contribution in [0.25, 0.3) is 11.4 Å². The standard InChI is InChI=1S/C18H25N5OS/c1-3-23-16(14-8-7-11-19-12-14)21-22-18(23)25-13(2)17(24)20-15-9-5-4-6-10-15/h7-8,11-13,15H,3-6,9-10H2,1-2H3,(H,20,24)/t13-/m0/s1. The summed E-state index contributed by atoms with van der Waals surface area (Å²) < 4.78 is 2.03. The van der Waals surface area contributed by atoms with Gasteiger partial charge in [-0.2, -0.15) is 0 Å². The quantitative estimate of drug-likeness (QED) is 0.801. The Morgan fingerprint density at radius 3 is 2.84 bits per heavy atom. The maximum Gasteiger partial charge on any atom is 0.233 e. The second-order valence-electron chi connectivity index (χ2n) is 6.40. The molecular weight excluding hydrogens is 334 g/mol. The zero-order valence-corrected chi connectivity index (χ0v) is 15.6. The van der Waals surface area contributed by atoms with Crippen LogP contribution in [0.2, 0.25) is 0 Å². The Morgan fingerprint density at radius 1 is 1.36 bits per heavy atom. The third-order valence-electron chi connectivity index (χ3n) is 4.56. The molecule has 25 heavy (non-hydrogen) atoms. The molecule has 0 radical (unpaired) electrons. The highest BCUT2D eigenvalue weighted by atomic mass is 32.2. The van der Waals surface area contributed by atoms with Gasteiger partial charge in [-0.15, -0.1) is 10.2 Å². The number of nitrogens with one attached hydrogen (secondary N) is 1. The Morgan fingerprint density at radius 2 is 2.16 bits per heavy atom. The second kappa shape index (κ2) is 8.47. The molecule has 0 unspecified atom stereocenters. The summed E-state index contributed by atoms with van der Waals surface area (Å²) in [6, 6.07) is 4.19. The first-order chi connectivity index (χ1) is 12.2. The van der Waals surface area contributed by atoms with Gasteiger partial charge in [0.05, 0.1) is 5.25 Å². The summed E-state index contributed by atoms with van der Waals surface area (Å²) in [5.41, 5.74) is 0.933. The van der Waals surface area contributed by atoms with Crippen molar-refractivity contribution in [1.82, 2.24) is 25.1 Å². The predicted molar refractivity (Wildman–Crippen MR) is 99.3 cm³/mol. The van der Waals surface area contributed by atoms with E-state index >= 15 is 0 Å². The normalized spacial score (nSPS) is 16.6. The van der Waals surface area contributed by atoms with Crippen molar-refractivity contribution in [3.05, 3.63) is 24.5 Å². The monoisotopic (exact) mass is 359 g/mol. The molecule has 134 valence electrons. The van der Waals surface area contributed by atoms with Crippen molar-refractivity contribution in [3.63, 3.8) is 0 Å². The number of carbonyl (C=O) groups is 1. The summed E-state index contributed by atoms with van der Waals surface area (Å²) in [5.74, 6) is 0.878. The lowest BCUT2D eigenvalue weighted by Gasteiger charge is -2.24. The van der Waals surface area contributed by atoms with Crippen molar-refractivity contribution in [2.24, 2.45) is 0 Å². The molecule has 1 aliphatic rings. The Hall–Kier alpha value is -1.89. The molecule has 2 heterocycles.